The van der Waals surface area contributed by atoms with E-state index in [1.807, 2.05) is 31.2 Å². The fourth-order valence-electron chi connectivity index (χ4n) is 3.34. The van der Waals surface area contributed by atoms with Gasteiger partial charge < -0.3 is 14.8 Å². The van der Waals surface area contributed by atoms with E-state index in [0.717, 1.165) is 24.2 Å². The predicted octanol–water partition coefficient (Wildman–Crippen LogP) is 3.12. The highest BCUT2D eigenvalue weighted by Crippen LogP contribution is 2.23. The molecule has 1 heterocycles. The lowest BCUT2D eigenvalue weighted by atomic mass is 10.2. The number of amides is 1. The van der Waals surface area contributed by atoms with Gasteiger partial charge in [0.1, 0.15) is 5.75 Å². The Bertz CT molecular complexity index is 1050. The van der Waals surface area contributed by atoms with Gasteiger partial charge in [-0.2, -0.15) is 4.31 Å². The van der Waals surface area contributed by atoms with Crippen LogP contribution in [0.4, 0.5) is 5.69 Å². The SMILES string of the molecule is Cc1cccc(OCCCC(=O)OCC(=O)Nc2cccc(S(=O)(=O)N3CCCC3)c2)c1. The smallest absolute Gasteiger partial charge is 0.306 e. The first kappa shape index (κ1) is 23.7. The summed E-state index contributed by atoms with van der Waals surface area (Å²) in [6.45, 7) is 2.90. The number of anilines is 1. The average molecular weight is 461 g/mol. The van der Waals surface area contributed by atoms with Crippen LogP contribution in [-0.2, 0) is 24.3 Å². The molecule has 2 aromatic rings. The number of rotatable bonds is 10. The molecule has 3 rings (SSSR count). The van der Waals surface area contributed by atoms with Crippen LogP contribution in [-0.4, -0.2) is 50.9 Å². The van der Waals surface area contributed by atoms with E-state index < -0.39 is 28.5 Å². The Hall–Kier alpha value is -2.91. The van der Waals surface area contributed by atoms with Crippen molar-refractivity contribution in [3.05, 3.63) is 54.1 Å². The number of sulfonamides is 1. The third-order valence-electron chi connectivity index (χ3n) is 4.97. The van der Waals surface area contributed by atoms with E-state index in [1.165, 1.54) is 16.4 Å². The van der Waals surface area contributed by atoms with Crippen molar-refractivity contribution >= 4 is 27.6 Å². The minimum atomic E-state index is -3.57. The van der Waals surface area contributed by atoms with E-state index in [9.17, 15) is 18.0 Å². The largest absolute Gasteiger partial charge is 0.494 e. The van der Waals surface area contributed by atoms with E-state index in [-0.39, 0.29) is 11.3 Å². The minimum Gasteiger partial charge on any atom is -0.494 e. The number of esters is 1. The first-order valence-electron chi connectivity index (χ1n) is 10.6. The lowest BCUT2D eigenvalue weighted by molar-refractivity contribution is -0.147. The molecule has 0 spiro atoms. The summed E-state index contributed by atoms with van der Waals surface area (Å²) in [5, 5.41) is 2.57. The van der Waals surface area contributed by atoms with Gasteiger partial charge in [0.2, 0.25) is 10.0 Å². The zero-order valence-corrected chi connectivity index (χ0v) is 18.9. The molecular formula is C23H28N2O6S. The second-order valence-corrected chi connectivity index (χ2v) is 9.55. The van der Waals surface area contributed by atoms with Crippen molar-refractivity contribution in [2.75, 3.05) is 31.6 Å². The van der Waals surface area contributed by atoms with E-state index >= 15 is 0 Å². The van der Waals surface area contributed by atoms with E-state index in [1.54, 1.807) is 12.1 Å². The Kier molecular flexibility index (Phi) is 8.24. The molecule has 1 aliphatic heterocycles. The van der Waals surface area contributed by atoms with Crippen molar-refractivity contribution in [2.45, 2.75) is 37.5 Å². The number of nitrogens with zero attached hydrogens (tertiary/aromatic N) is 1. The van der Waals surface area contributed by atoms with Crippen molar-refractivity contribution in [3.8, 4) is 5.75 Å². The summed E-state index contributed by atoms with van der Waals surface area (Å²) in [6, 6.07) is 13.7. The van der Waals surface area contributed by atoms with Crippen LogP contribution in [0.25, 0.3) is 0 Å². The number of ether oxygens (including phenoxy) is 2. The Morgan fingerprint density at radius 2 is 1.81 bits per heavy atom. The Morgan fingerprint density at radius 3 is 2.56 bits per heavy atom. The highest BCUT2D eigenvalue weighted by Gasteiger charge is 2.27. The highest BCUT2D eigenvalue weighted by molar-refractivity contribution is 7.89. The lowest BCUT2D eigenvalue weighted by Gasteiger charge is -2.16. The maximum Gasteiger partial charge on any atom is 0.306 e. The van der Waals surface area contributed by atoms with Crippen molar-refractivity contribution in [3.63, 3.8) is 0 Å². The van der Waals surface area contributed by atoms with Crippen molar-refractivity contribution in [2.24, 2.45) is 0 Å². The number of aryl methyl sites for hydroxylation is 1. The molecule has 0 aliphatic carbocycles. The van der Waals surface area contributed by atoms with Crippen LogP contribution in [0.3, 0.4) is 0 Å². The zero-order valence-electron chi connectivity index (χ0n) is 18.1. The Morgan fingerprint density at radius 1 is 1.06 bits per heavy atom. The average Bonchev–Trinajstić information content (AvgIpc) is 3.31. The van der Waals surface area contributed by atoms with E-state index in [0.29, 0.717) is 31.8 Å². The number of benzene rings is 2. The van der Waals surface area contributed by atoms with E-state index in [2.05, 4.69) is 5.32 Å². The maximum absolute atomic E-state index is 12.7. The summed E-state index contributed by atoms with van der Waals surface area (Å²) in [4.78, 5) is 24.1. The van der Waals surface area contributed by atoms with Crippen LogP contribution in [0.1, 0.15) is 31.2 Å². The molecule has 1 fully saturated rings. The summed E-state index contributed by atoms with van der Waals surface area (Å²) in [5.41, 5.74) is 1.42. The molecule has 0 atom stereocenters. The maximum atomic E-state index is 12.7. The molecule has 172 valence electrons. The standard InChI is InChI=1S/C23H28N2O6S/c1-18-7-4-9-20(15-18)30-14-6-11-23(27)31-17-22(26)24-19-8-5-10-21(16-19)32(28,29)25-12-2-3-13-25/h4-5,7-10,15-16H,2-3,6,11-14,17H2,1H3,(H,24,26). The summed E-state index contributed by atoms with van der Waals surface area (Å²) >= 11 is 0. The van der Waals surface area contributed by atoms with E-state index in [4.69, 9.17) is 9.47 Å². The van der Waals surface area contributed by atoms with Gasteiger partial charge in [-0.1, -0.05) is 18.2 Å². The number of hydrogen-bond donors (Lipinski definition) is 1. The monoisotopic (exact) mass is 460 g/mol. The lowest BCUT2D eigenvalue weighted by Crippen LogP contribution is -2.28. The molecule has 0 radical (unpaired) electrons. The zero-order chi connectivity index (χ0) is 23.0. The third kappa shape index (κ3) is 6.80. The molecule has 0 unspecified atom stereocenters. The summed E-state index contributed by atoms with van der Waals surface area (Å²) in [6.07, 6.45) is 2.28. The number of carbonyl (C=O) groups is 2. The molecule has 2 aromatic carbocycles. The second kappa shape index (κ2) is 11.1. The molecule has 1 N–H and O–H groups in total. The predicted molar refractivity (Wildman–Crippen MR) is 120 cm³/mol. The van der Waals surface area contributed by atoms with Crippen LogP contribution in [0.5, 0.6) is 5.75 Å². The topological polar surface area (TPSA) is 102 Å². The molecule has 0 saturated carbocycles. The molecule has 1 amide bonds. The number of carbonyl (C=O) groups excluding carboxylic acids is 2. The van der Waals surface area contributed by atoms with Crippen LogP contribution in [0.2, 0.25) is 0 Å². The quantitative estimate of drug-likeness (QED) is 0.432. The highest BCUT2D eigenvalue weighted by atomic mass is 32.2. The van der Waals surface area contributed by atoms with Crippen LogP contribution >= 0.6 is 0 Å². The molecule has 0 aromatic heterocycles. The van der Waals surface area contributed by atoms with Gasteiger partial charge in [-0.15, -0.1) is 0 Å². The van der Waals surface area contributed by atoms with Crippen molar-refractivity contribution in [1.82, 2.24) is 4.31 Å². The van der Waals surface area contributed by atoms with Gasteiger partial charge in [-0.3, -0.25) is 9.59 Å². The molecule has 1 saturated heterocycles. The molecule has 1 aliphatic rings. The second-order valence-electron chi connectivity index (χ2n) is 7.62. The van der Waals surface area contributed by atoms with Crippen LogP contribution < -0.4 is 10.1 Å². The fourth-order valence-corrected chi connectivity index (χ4v) is 4.90. The Balaban J connectivity index is 1.40. The first-order valence-corrected chi connectivity index (χ1v) is 12.0. The summed E-state index contributed by atoms with van der Waals surface area (Å²) in [7, 11) is -3.57. The minimum absolute atomic E-state index is 0.128. The van der Waals surface area contributed by atoms with Gasteiger partial charge in [-0.05, 0) is 62.1 Å². The van der Waals surface area contributed by atoms with Gasteiger partial charge in [0.05, 0.1) is 11.5 Å². The Labute approximate surface area is 188 Å². The first-order chi connectivity index (χ1) is 15.3. The molecule has 8 nitrogen and oxygen atoms in total. The van der Waals surface area contributed by atoms with Crippen LogP contribution in [0, 0.1) is 6.92 Å². The van der Waals surface area contributed by atoms with Gasteiger partial charge in [0.15, 0.2) is 6.61 Å². The van der Waals surface area contributed by atoms with Gasteiger partial charge in [0.25, 0.3) is 5.91 Å². The van der Waals surface area contributed by atoms with Crippen LogP contribution in [0.15, 0.2) is 53.4 Å². The summed E-state index contributed by atoms with van der Waals surface area (Å²) in [5.74, 6) is -0.296. The van der Waals surface area contributed by atoms with Crippen molar-refractivity contribution < 1.29 is 27.5 Å². The fraction of sp³-hybridized carbons (Fsp3) is 0.391. The normalized spacial score (nSPS) is 14.2. The molecular weight excluding hydrogens is 432 g/mol. The molecule has 9 heteroatoms. The van der Waals surface area contributed by atoms with Gasteiger partial charge in [0, 0.05) is 25.2 Å². The number of hydrogen-bond acceptors (Lipinski definition) is 6. The van der Waals surface area contributed by atoms with Gasteiger partial charge >= 0.3 is 5.97 Å². The van der Waals surface area contributed by atoms with Gasteiger partial charge in [-0.25, -0.2) is 8.42 Å². The molecule has 32 heavy (non-hydrogen) atoms. The van der Waals surface area contributed by atoms with Crippen molar-refractivity contribution in [1.29, 1.82) is 0 Å². The molecule has 0 bridgehead atoms. The summed E-state index contributed by atoms with van der Waals surface area (Å²) < 4.78 is 37.3. The third-order valence-corrected chi connectivity index (χ3v) is 6.86. The number of nitrogens with one attached hydrogen (secondary N) is 1.